The topological polar surface area (TPSA) is 55.6 Å². The van der Waals surface area contributed by atoms with Crippen LogP contribution in [-0.2, 0) is 4.79 Å². The predicted molar refractivity (Wildman–Crippen MR) is 70.4 cm³/mol. The third-order valence-corrected chi connectivity index (χ3v) is 3.36. The average molecular weight is 248 g/mol. The molecule has 0 spiro atoms. The number of carbonyl (C=O) groups excluding carboxylic acids is 1. The smallest absolute Gasteiger partial charge is 0.222 e. The molecule has 0 radical (unpaired) electrons. The molecule has 4 heteroatoms. The summed E-state index contributed by atoms with van der Waals surface area (Å²) >= 11 is 0. The number of carbonyl (C=O) groups is 1. The second kappa shape index (κ2) is 5.87. The first kappa shape index (κ1) is 12.9. The molecule has 1 amide bonds. The maximum Gasteiger partial charge on any atom is 0.222 e. The second-order valence-corrected chi connectivity index (χ2v) is 4.68. The van der Waals surface area contributed by atoms with E-state index in [1.807, 2.05) is 29.2 Å². The Morgan fingerprint density at radius 1 is 1.44 bits per heavy atom. The van der Waals surface area contributed by atoms with Gasteiger partial charge in [-0.1, -0.05) is 12.1 Å². The van der Waals surface area contributed by atoms with Crippen molar-refractivity contribution >= 4 is 5.91 Å². The first-order valence-corrected chi connectivity index (χ1v) is 6.38. The van der Waals surface area contributed by atoms with E-state index < -0.39 is 0 Å². The molecule has 0 bridgehead atoms. The van der Waals surface area contributed by atoms with Gasteiger partial charge in [0.2, 0.25) is 5.91 Å². The molecule has 1 aromatic carbocycles. The van der Waals surface area contributed by atoms with Gasteiger partial charge in [-0.25, -0.2) is 0 Å². The van der Waals surface area contributed by atoms with E-state index in [-0.39, 0.29) is 11.9 Å². The predicted octanol–water partition coefficient (Wildman–Crippen LogP) is 1.71. The van der Waals surface area contributed by atoms with Crippen molar-refractivity contribution in [3.8, 4) is 5.75 Å². The number of ether oxygens (including phenoxy) is 1. The molecular weight excluding hydrogens is 228 g/mol. The zero-order valence-electron chi connectivity index (χ0n) is 10.8. The number of rotatable bonds is 4. The van der Waals surface area contributed by atoms with E-state index in [1.165, 1.54) is 0 Å². The van der Waals surface area contributed by atoms with Crippen LogP contribution in [0.25, 0.3) is 0 Å². The number of benzene rings is 1. The van der Waals surface area contributed by atoms with Crippen molar-refractivity contribution in [2.24, 2.45) is 5.73 Å². The lowest BCUT2D eigenvalue weighted by atomic mass is 10.0. The van der Waals surface area contributed by atoms with Crippen molar-refractivity contribution in [2.75, 3.05) is 20.2 Å². The highest BCUT2D eigenvalue weighted by Gasteiger charge is 2.20. The summed E-state index contributed by atoms with van der Waals surface area (Å²) in [7, 11) is 1.64. The monoisotopic (exact) mass is 248 g/mol. The average Bonchev–Trinajstić information content (AvgIpc) is 2.41. The molecule has 1 fully saturated rings. The first-order valence-electron chi connectivity index (χ1n) is 6.38. The number of amides is 1. The molecule has 1 aliphatic rings. The minimum atomic E-state index is -0.151. The molecule has 1 unspecified atom stereocenters. The van der Waals surface area contributed by atoms with E-state index in [2.05, 4.69) is 0 Å². The number of piperidine rings is 1. The molecule has 0 saturated carbocycles. The van der Waals surface area contributed by atoms with E-state index in [1.54, 1.807) is 7.11 Å². The lowest BCUT2D eigenvalue weighted by molar-refractivity contribution is -0.133. The Hall–Kier alpha value is -1.55. The number of nitrogens with zero attached hydrogens (tertiary/aromatic N) is 1. The van der Waals surface area contributed by atoms with Crippen LogP contribution in [0.5, 0.6) is 5.75 Å². The molecule has 1 atom stereocenters. The summed E-state index contributed by atoms with van der Waals surface area (Å²) < 4.78 is 5.18. The molecule has 4 nitrogen and oxygen atoms in total. The standard InChI is InChI=1S/C14H20N2O2/c1-18-12-6-4-5-11(9-12)13(15)10-16-8-3-2-7-14(16)17/h4-6,9,13H,2-3,7-8,10,15H2,1H3. The largest absolute Gasteiger partial charge is 0.497 e. The van der Waals surface area contributed by atoms with Gasteiger partial charge in [-0.2, -0.15) is 0 Å². The Balaban J connectivity index is 2.01. The second-order valence-electron chi connectivity index (χ2n) is 4.68. The summed E-state index contributed by atoms with van der Waals surface area (Å²) in [5, 5.41) is 0. The molecule has 1 saturated heterocycles. The number of hydrogen-bond donors (Lipinski definition) is 1. The summed E-state index contributed by atoms with van der Waals surface area (Å²) in [6.07, 6.45) is 2.74. The molecule has 98 valence electrons. The zero-order valence-corrected chi connectivity index (χ0v) is 10.8. The van der Waals surface area contributed by atoms with Gasteiger partial charge in [0.25, 0.3) is 0 Å². The molecule has 0 aliphatic carbocycles. The Kier molecular flexibility index (Phi) is 4.20. The number of likely N-dealkylation sites (tertiary alicyclic amines) is 1. The summed E-state index contributed by atoms with van der Waals surface area (Å²) in [6, 6.07) is 7.57. The molecule has 2 rings (SSSR count). The zero-order chi connectivity index (χ0) is 13.0. The van der Waals surface area contributed by atoms with Crippen LogP contribution < -0.4 is 10.5 Å². The van der Waals surface area contributed by atoms with Crippen LogP contribution in [0.2, 0.25) is 0 Å². The van der Waals surface area contributed by atoms with Crippen molar-refractivity contribution in [1.29, 1.82) is 0 Å². The van der Waals surface area contributed by atoms with Crippen molar-refractivity contribution in [3.05, 3.63) is 29.8 Å². The third-order valence-electron chi connectivity index (χ3n) is 3.36. The van der Waals surface area contributed by atoms with Crippen LogP contribution in [-0.4, -0.2) is 31.0 Å². The Bertz CT molecular complexity index is 420. The van der Waals surface area contributed by atoms with Crippen LogP contribution in [0.4, 0.5) is 0 Å². The van der Waals surface area contributed by atoms with Gasteiger partial charge in [0.1, 0.15) is 5.75 Å². The van der Waals surface area contributed by atoms with Gasteiger partial charge >= 0.3 is 0 Å². The van der Waals surface area contributed by atoms with Gasteiger partial charge in [-0.3, -0.25) is 4.79 Å². The quantitative estimate of drug-likeness (QED) is 0.882. The Labute approximate surface area is 108 Å². The van der Waals surface area contributed by atoms with Crippen molar-refractivity contribution in [1.82, 2.24) is 4.90 Å². The highest BCUT2D eigenvalue weighted by atomic mass is 16.5. The van der Waals surface area contributed by atoms with Crippen molar-refractivity contribution in [3.63, 3.8) is 0 Å². The number of methoxy groups -OCH3 is 1. The summed E-state index contributed by atoms with van der Waals surface area (Å²) in [4.78, 5) is 13.6. The fraction of sp³-hybridized carbons (Fsp3) is 0.500. The molecule has 2 N–H and O–H groups in total. The highest BCUT2D eigenvalue weighted by Crippen LogP contribution is 2.20. The van der Waals surface area contributed by atoms with Crippen LogP contribution in [0.15, 0.2) is 24.3 Å². The van der Waals surface area contributed by atoms with Gasteiger partial charge < -0.3 is 15.4 Å². The van der Waals surface area contributed by atoms with Crippen LogP contribution >= 0.6 is 0 Å². The van der Waals surface area contributed by atoms with E-state index in [9.17, 15) is 4.79 Å². The van der Waals surface area contributed by atoms with E-state index >= 15 is 0 Å². The van der Waals surface area contributed by atoms with Crippen LogP contribution in [0.1, 0.15) is 30.9 Å². The molecule has 1 heterocycles. The Morgan fingerprint density at radius 2 is 2.28 bits per heavy atom. The van der Waals surface area contributed by atoms with E-state index in [4.69, 9.17) is 10.5 Å². The lowest BCUT2D eigenvalue weighted by Gasteiger charge is -2.29. The Morgan fingerprint density at radius 3 is 3.00 bits per heavy atom. The van der Waals surface area contributed by atoms with Gasteiger partial charge in [-0.05, 0) is 30.5 Å². The number of nitrogens with two attached hydrogens (primary N) is 1. The lowest BCUT2D eigenvalue weighted by Crippen LogP contribution is -2.40. The summed E-state index contributed by atoms with van der Waals surface area (Å²) in [5.41, 5.74) is 7.17. The maximum atomic E-state index is 11.7. The van der Waals surface area contributed by atoms with Crippen molar-refractivity contribution < 1.29 is 9.53 Å². The van der Waals surface area contributed by atoms with Crippen LogP contribution in [0, 0.1) is 0 Å². The number of hydrogen-bond acceptors (Lipinski definition) is 3. The van der Waals surface area contributed by atoms with Gasteiger partial charge in [0.15, 0.2) is 0 Å². The van der Waals surface area contributed by atoms with E-state index in [0.29, 0.717) is 13.0 Å². The molecule has 1 aromatic rings. The summed E-state index contributed by atoms with van der Waals surface area (Å²) in [5.74, 6) is 1.02. The maximum absolute atomic E-state index is 11.7. The minimum absolute atomic E-state index is 0.151. The molecule has 18 heavy (non-hydrogen) atoms. The third kappa shape index (κ3) is 3.01. The SMILES string of the molecule is COc1cccc(C(N)CN2CCCCC2=O)c1. The summed E-state index contributed by atoms with van der Waals surface area (Å²) in [6.45, 7) is 1.42. The minimum Gasteiger partial charge on any atom is -0.497 e. The van der Waals surface area contributed by atoms with Crippen LogP contribution in [0.3, 0.4) is 0 Å². The molecule has 1 aliphatic heterocycles. The normalized spacial score (nSPS) is 17.7. The van der Waals surface area contributed by atoms with Crippen molar-refractivity contribution in [2.45, 2.75) is 25.3 Å². The molecule has 0 aromatic heterocycles. The fourth-order valence-electron chi connectivity index (χ4n) is 2.27. The van der Waals surface area contributed by atoms with Gasteiger partial charge in [0, 0.05) is 25.6 Å². The van der Waals surface area contributed by atoms with Gasteiger partial charge in [0.05, 0.1) is 7.11 Å². The van der Waals surface area contributed by atoms with Gasteiger partial charge in [-0.15, -0.1) is 0 Å². The first-order chi connectivity index (χ1) is 8.70. The van der Waals surface area contributed by atoms with E-state index in [0.717, 1.165) is 30.7 Å². The highest BCUT2D eigenvalue weighted by molar-refractivity contribution is 5.76. The fourth-order valence-corrected chi connectivity index (χ4v) is 2.27. The molecular formula is C14H20N2O2.